The van der Waals surface area contributed by atoms with Gasteiger partial charge in [0.25, 0.3) is 0 Å². The Morgan fingerprint density at radius 1 is 1.16 bits per heavy atom. The van der Waals surface area contributed by atoms with Crippen LogP contribution < -0.4 is 0 Å². The van der Waals surface area contributed by atoms with Gasteiger partial charge in [0.15, 0.2) is 5.76 Å². The molecule has 1 aliphatic rings. The average Bonchev–Trinajstić information content (AvgIpc) is 2.42. The van der Waals surface area contributed by atoms with Crippen LogP contribution in [0.3, 0.4) is 0 Å². The van der Waals surface area contributed by atoms with Gasteiger partial charge in [0.2, 0.25) is 11.6 Å². The number of ether oxygens (including phenoxy) is 1. The second-order valence-corrected chi connectivity index (χ2v) is 4.38. The molecule has 0 fully saturated rings. The standard InChI is InChI=1S/C15H11NO3/c1-8-9-5-3-4-6-10(9)16-14-11(17)7-12(19-2)15(18)13(8)14/h3-7H,1-2H3. The quantitative estimate of drug-likeness (QED) is 0.783. The maximum atomic E-state index is 12.3. The number of ketones is 2. The monoisotopic (exact) mass is 253 g/mol. The third-order valence-electron chi connectivity index (χ3n) is 3.32. The molecule has 0 amide bonds. The predicted octanol–water partition coefficient (Wildman–Crippen LogP) is 2.45. The molecular weight excluding hydrogens is 242 g/mol. The Bertz CT molecular complexity index is 759. The van der Waals surface area contributed by atoms with Crippen molar-refractivity contribution >= 4 is 22.5 Å². The molecule has 0 bridgehead atoms. The molecule has 0 atom stereocenters. The second kappa shape index (κ2) is 4.02. The number of Topliss-reactive ketones (excluding diaryl/α,β-unsaturated/α-hetero) is 1. The Labute approximate surface area is 109 Å². The molecule has 1 aromatic carbocycles. The van der Waals surface area contributed by atoms with Gasteiger partial charge >= 0.3 is 0 Å². The summed E-state index contributed by atoms with van der Waals surface area (Å²) in [7, 11) is 1.38. The number of aromatic nitrogens is 1. The summed E-state index contributed by atoms with van der Waals surface area (Å²) in [6.45, 7) is 1.83. The van der Waals surface area contributed by atoms with Gasteiger partial charge in [-0.2, -0.15) is 0 Å². The van der Waals surface area contributed by atoms with Crippen LogP contribution in [0.1, 0.15) is 26.4 Å². The minimum absolute atomic E-state index is 0.0673. The van der Waals surface area contributed by atoms with Crippen molar-refractivity contribution in [2.24, 2.45) is 0 Å². The number of hydrogen-bond acceptors (Lipinski definition) is 4. The molecule has 3 rings (SSSR count). The molecule has 0 aliphatic heterocycles. The number of para-hydroxylation sites is 1. The lowest BCUT2D eigenvalue weighted by atomic mass is 9.92. The second-order valence-electron chi connectivity index (χ2n) is 4.38. The van der Waals surface area contributed by atoms with Crippen molar-refractivity contribution in [1.82, 2.24) is 4.98 Å². The molecule has 0 radical (unpaired) electrons. The zero-order valence-corrected chi connectivity index (χ0v) is 10.6. The van der Waals surface area contributed by atoms with Crippen molar-refractivity contribution in [2.45, 2.75) is 6.92 Å². The number of hydrogen-bond donors (Lipinski definition) is 0. The first-order chi connectivity index (χ1) is 9.13. The molecular formula is C15H11NO3. The molecule has 19 heavy (non-hydrogen) atoms. The summed E-state index contributed by atoms with van der Waals surface area (Å²) in [5, 5.41) is 0.875. The van der Waals surface area contributed by atoms with E-state index in [9.17, 15) is 9.59 Å². The maximum absolute atomic E-state index is 12.3. The summed E-state index contributed by atoms with van der Waals surface area (Å²) in [5.74, 6) is -0.508. The van der Waals surface area contributed by atoms with Crippen LogP contribution >= 0.6 is 0 Å². The summed E-state index contributed by atoms with van der Waals surface area (Å²) in [4.78, 5) is 28.6. The molecule has 0 unspecified atom stereocenters. The highest BCUT2D eigenvalue weighted by molar-refractivity contribution is 6.24. The fourth-order valence-corrected chi connectivity index (χ4v) is 2.36. The number of allylic oxidation sites excluding steroid dienone is 2. The van der Waals surface area contributed by atoms with Crippen LogP contribution in [0.15, 0.2) is 36.1 Å². The Morgan fingerprint density at radius 3 is 2.63 bits per heavy atom. The molecule has 0 spiro atoms. The first-order valence-corrected chi connectivity index (χ1v) is 5.87. The zero-order valence-electron chi connectivity index (χ0n) is 10.6. The molecule has 0 saturated carbocycles. The van der Waals surface area contributed by atoms with Gasteiger partial charge in [-0.05, 0) is 18.6 Å². The molecule has 0 N–H and O–H groups in total. The Hall–Kier alpha value is -2.49. The molecule has 1 aromatic heterocycles. The highest BCUT2D eigenvalue weighted by Gasteiger charge is 2.30. The van der Waals surface area contributed by atoms with Crippen LogP contribution in [0.25, 0.3) is 10.9 Å². The predicted molar refractivity (Wildman–Crippen MR) is 70.2 cm³/mol. The van der Waals surface area contributed by atoms with Gasteiger partial charge in [0.05, 0.1) is 18.2 Å². The minimum Gasteiger partial charge on any atom is -0.492 e. The number of aryl methyl sites for hydroxylation is 1. The van der Waals surface area contributed by atoms with E-state index < -0.39 is 0 Å². The Kier molecular flexibility index (Phi) is 2.45. The number of nitrogens with zero attached hydrogens (tertiary/aromatic N) is 1. The van der Waals surface area contributed by atoms with Crippen molar-refractivity contribution in [3.05, 3.63) is 52.9 Å². The van der Waals surface area contributed by atoms with Crippen LogP contribution in [0.4, 0.5) is 0 Å². The van der Waals surface area contributed by atoms with Gasteiger partial charge in [-0.3, -0.25) is 9.59 Å². The number of benzene rings is 1. The van der Waals surface area contributed by atoms with Gasteiger partial charge in [-0.25, -0.2) is 4.98 Å². The number of methoxy groups -OCH3 is 1. The molecule has 94 valence electrons. The lowest BCUT2D eigenvalue weighted by Gasteiger charge is -2.17. The van der Waals surface area contributed by atoms with Crippen molar-refractivity contribution in [2.75, 3.05) is 7.11 Å². The van der Waals surface area contributed by atoms with Gasteiger partial charge < -0.3 is 4.74 Å². The van der Waals surface area contributed by atoms with Crippen molar-refractivity contribution in [1.29, 1.82) is 0 Å². The summed E-state index contributed by atoms with van der Waals surface area (Å²) in [5.41, 5.74) is 2.04. The van der Waals surface area contributed by atoms with Gasteiger partial charge in [-0.15, -0.1) is 0 Å². The van der Waals surface area contributed by atoms with Crippen molar-refractivity contribution in [3.8, 4) is 0 Å². The topological polar surface area (TPSA) is 56.3 Å². The highest BCUT2D eigenvalue weighted by Crippen LogP contribution is 2.28. The maximum Gasteiger partial charge on any atom is 0.230 e. The number of pyridine rings is 1. The number of carbonyl (C=O) groups excluding carboxylic acids is 2. The van der Waals surface area contributed by atoms with E-state index in [1.54, 1.807) is 0 Å². The number of rotatable bonds is 1. The van der Waals surface area contributed by atoms with Crippen LogP contribution in [0.5, 0.6) is 0 Å². The van der Waals surface area contributed by atoms with E-state index in [1.165, 1.54) is 13.2 Å². The van der Waals surface area contributed by atoms with Crippen molar-refractivity contribution in [3.63, 3.8) is 0 Å². The van der Waals surface area contributed by atoms with E-state index in [2.05, 4.69) is 4.98 Å². The van der Waals surface area contributed by atoms with E-state index >= 15 is 0 Å². The van der Waals surface area contributed by atoms with Crippen molar-refractivity contribution < 1.29 is 14.3 Å². The lowest BCUT2D eigenvalue weighted by Crippen LogP contribution is -2.21. The summed E-state index contributed by atoms with van der Waals surface area (Å²) < 4.78 is 4.96. The average molecular weight is 253 g/mol. The molecule has 2 aromatic rings. The molecule has 1 aliphatic carbocycles. The zero-order chi connectivity index (χ0) is 13.6. The SMILES string of the molecule is COC1=CC(=O)c2nc3ccccc3c(C)c2C1=O. The summed E-state index contributed by atoms with van der Waals surface area (Å²) in [6.07, 6.45) is 1.20. The third-order valence-corrected chi connectivity index (χ3v) is 3.32. The summed E-state index contributed by atoms with van der Waals surface area (Å²) >= 11 is 0. The lowest BCUT2D eigenvalue weighted by molar-refractivity contribution is 0.0914. The third kappa shape index (κ3) is 1.57. The van der Waals surface area contributed by atoms with Crippen LogP contribution in [-0.4, -0.2) is 23.7 Å². The first kappa shape index (κ1) is 11.6. The Balaban J connectivity index is 2.39. The van der Waals surface area contributed by atoms with E-state index in [-0.39, 0.29) is 23.0 Å². The van der Waals surface area contributed by atoms with Crippen LogP contribution in [-0.2, 0) is 4.74 Å². The minimum atomic E-state index is -0.291. The molecule has 0 saturated heterocycles. The largest absolute Gasteiger partial charge is 0.492 e. The van der Waals surface area contributed by atoms with E-state index in [0.717, 1.165) is 10.9 Å². The van der Waals surface area contributed by atoms with E-state index in [1.807, 2.05) is 31.2 Å². The van der Waals surface area contributed by atoms with Crippen LogP contribution in [0.2, 0.25) is 0 Å². The first-order valence-electron chi connectivity index (χ1n) is 5.87. The Morgan fingerprint density at radius 2 is 1.89 bits per heavy atom. The normalized spacial score (nSPS) is 14.3. The van der Waals surface area contributed by atoms with Gasteiger partial charge in [0, 0.05) is 11.5 Å². The summed E-state index contributed by atoms with van der Waals surface area (Å²) in [6, 6.07) is 7.45. The molecule has 4 heteroatoms. The van der Waals surface area contributed by atoms with E-state index in [0.29, 0.717) is 11.1 Å². The number of carbonyl (C=O) groups is 2. The molecule has 1 heterocycles. The number of fused-ring (bicyclic) bond motifs is 2. The van der Waals surface area contributed by atoms with E-state index in [4.69, 9.17) is 4.74 Å². The smallest absolute Gasteiger partial charge is 0.230 e. The van der Waals surface area contributed by atoms with Gasteiger partial charge in [0.1, 0.15) is 5.69 Å². The van der Waals surface area contributed by atoms with Gasteiger partial charge in [-0.1, -0.05) is 18.2 Å². The molecule has 4 nitrogen and oxygen atoms in total. The highest BCUT2D eigenvalue weighted by atomic mass is 16.5. The fraction of sp³-hybridized carbons (Fsp3) is 0.133. The van der Waals surface area contributed by atoms with Crippen LogP contribution in [0, 0.1) is 6.92 Å². The fourth-order valence-electron chi connectivity index (χ4n) is 2.36.